The first-order chi connectivity index (χ1) is 11.9. The maximum Gasteiger partial charge on any atom is 0.312 e. The quantitative estimate of drug-likeness (QED) is 0.407. The number of hydrogen-bond donors (Lipinski definition) is 0. The van der Waals surface area contributed by atoms with E-state index in [2.05, 4.69) is 25.3 Å². The van der Waals surface area contributed by atoms with Gasteiger partial charge in [-0.15, -0.1) is 5.10 Å². The Morgan fingerprint density at radius 3 is 2.68 bits per heavy atom. The summed E-state index contributed by atoms with van der Waals surface area (Å²) in [4.78, 5) is 19.7. The molecule has 0 bridgehead atoms. The molecule has 0 fully saturated rings. The van der Waals surface area contributed by atoms with Crippen molar-refractivity contribution in [2.45, 2.75) is 26.8 Å². The van der Waals surface area contributed by atoms with Crippen molar-refractivity contribution in [1.29, 1.82) is 0 Å². The third-order valence-corrected chi connectivity index (χ3v) is 4.30. The van der Waals surface area contributed by atoms with E-state index in [9.17, 15) is 10.1 Å². The third kappa shape index (κ3) is 2.08. The van der Waals surface area contributed by atoms with E-state index >= 15 is 0 Å². The molecule has 4 heterocycles. The molecule has 4 aromatic heterocycles. The molecule has 25 heavy (non-hydrogen) atoms. The van der Waals surface area contributed by atoms with Crippen molar-refractivity contribution in [3.8, 4) is 0 Å². The van der Waals surface area contributed by atoms with Crippen LogP contribution in [0.1, 0.15) is 30.2 Å². The van der Waals surface area contributed by atoms with Gasteiger partial charge in [-0.3, -0.25) is 19.5 Å². The standard InChI is InChI=1S/C14H15N9O2/c1-7-11(23(24)25)8(2)22(18-7)9(3)12-17-14-10-5-16-20(4)13(10)15-6-21(14)19-12/h5-6,9H,1-4H3. The Kier molecular flexibility index (Phi) is 3.07. The van der Waals surface area contributed by atoms with Crippen LogP contribution in [0.5, 0.6) is 0 Å². The summed E-state index contributed by atoms with van der Waals surface area (Å²) in [6.07, 6.45) is 3.27. The second-order valence-electron chi connectivity index (χ2n) is 5.89. The highest BCUT2D eigenvalue weighted by atomic mass is 16.6. The van der Waals surface area contributed by atoms with Crippen LogP contribution >= 0.6 is 0 Å². The van der Waals surface area contributed by atoms with Crippen LogP contribution in [0.25, 0.3) is 16.7 Å². The van der Waals surface area contributed by atoms with E-state index < -0.39 is 4.92 Å². The van der Waals surface area contributed by atoms with Gasteiger partial charge in [-0.2, -0.15) is 10.2 Å². The Bertz CT molecular complexity index is 1140. The van der Waals surface area contributed by atoms with Gasteiger partial charge in [0.2, 0.25) is 0 Å². The Balaban J connectivity index is 1.86. The summed E-state index contributed by atoms with van der Waals surface area (Å²) in [6.45, 7) is 5.14. The first-order valence-electron chi connectivity index (χ1n) is 7.61. The molecule has 4 rings (SSSR count). The largest absolute Gasteiger partial charge is 0.312 e. The van der Waals surface area contributed by atoms with E-state index in [1.54, 1.807) is 47.3 Å². The minimum absolute atomic E-state index is 0.0203. The summed E-state index contributed by atoms with van der Waals surface area (Å²) in [5, 5.41) is 24.9. The van der Waals surface area contributed by atoms with Gasteiger partial charge in [0.05, 0.1) is 16.5 Å². The minimum atomic E-state index is -0.416. The fraction of sp³-hybridized carbons (Fsp3) is 0.357. The summed E-state index contributed by atoms with van der Waals surface area (Å²) in [7, 11) is 1.81. The molecule has 0 aromatic carbocycles. The van der Waals surface area contributed by atoms with Gasteiger partial charge in [0, 0.05) is 7.05 Å². The van der Waals surface area contributed by atoms with Crippen LogP contribution in [0.15, 0.2) is 12.5 Å². The van der Waals surface area contributed by atoms with Crippen LogP contribution in [0.2, 0.25) is 0 Å². The SMILES string of the molecule is Cc1nn(C(C)c2nc3c4cnn(C)c4ncn3n2)c(C)c1[N+](=O)[O-]. The summed E-state index contributed by atoms with van der Waals surface area (Å²) < 4.78 is 4.82. The van der Waals surface area contributed by atoms with Crippen LogP contribution < -0.4 is 0 Å². The van der Waals surface area contributed by atoms with Crippen LogP contribution in [-0.4, -0.2) is 44.1 Å². The van der Waals surface area contributed by atoms with Crippen LogP contribution in [0.3, 0.4) is 0 Å². The summed E-state index contributed by atoms with van der Waals surface area (Å²) in [5.41, 5.74) is 2.21. The first kappa shape index (κ1) is 15.2. The summed E-state index contributed by atoms with van der Waals surface area (Å²) in [5.74, 6) is 0.499. The second kappa shape index (κ2) is 5.06. The van der Waals surface area contributed by atoms with Gasteiger partial charge in [-0.05, 0) is 20.8 Å². The average molecular weight is 341 g/mol. The van der Waals surface area contributed by atoms with Crippen molar-refractivity contribution in [2.75, 3.05) is 0 Å². The Labute approximate surface area is 141 Å². The molecular formula is C14H15N9O2. The normalized spacial score (nSPS) is 13.0. The van der Waals surface area contributed by atoms with Gasteiger partial charge in [0.15, 0.2) is 17.1 Å². The van der Waals surface area contributed by atoms with Gasteiger partial charge in [0.1, 0.15) is 23.8 Å². The molecular weight excluding hydrogens is 326 g/mol. The molecule has 1 unspecified atom stereocenters. The average Bonchev–Trinajstić information content (AvgIpc) is 3.22. The minimum Gasteiger partial charge on any atom is -0.258 e. The zero-order chi connectivity index (χ0) is 17.9. The Hall–Kier alpha value is -3.37. The highest BCUT2D eigenvalue weighted by Crippen LogP contribution is 2.27. The molecule has 1 atom stereocenters. The maximum atomic E-state index is 11.2. The number of rotatable bonds is 3. The Morgan fingerprint density at radius 2 is 2.00 bits per heavy atom. The lowest BCUT2D eigenvalue weighted by atomic mass is 10.3. The molecule has 4 aromatic rings. The molecule has 0 aliphatic heterocycles. The van der Waals surface area contributed by atoms with Gasteiger partial charge in [-0.1, -0.05) is 0 Å². The second-order valence-corrected chi connectivity index (χ2v) is 5.89. The predicted molar refractivity (Wildman–Crippen MR) is 87.2 cm³/mol. The molecule has 0 spiro atoms. The number of hydrogen-bond acceptors (Lipinski definition) is 7. The van der Waals surface area contributed by atoms with E-state index in [0.29, 0.717) is 28.5 Å². The lowest BCUT2D eigenvalue weighted by Crippen LogP contribution is -2.12. The van der Waals surface area contributed by atoms with Gasteiger partial charge in [0.25, 0.3) is 0 Å². The molecule has 0 N–H and O–H groups in total. The molecule has 0 amide bonds. The fourth-order valence-corrected chi connectivity index (χ4v) is 3.04. The highest BCUT2D eigenvalue weighted by Gasteiger charge is 2.26. The lowest BCUT2D eigenvalue weighted by molar-refractivity contribution is -0.386. The van der Waals surface area contributed by atoms with Crippen LogP contribution in [0, 0.1) is 24.0 Å². The zero-order valence-corrected chi connectivity index (χ0v) is 14.1. The van der Waals surface area contributed by atoms with Crippen molar-refractivity contribution in [3.63, 3.8) is 0 Å². The highest BCUT2D eigenvalue weighted by molar-refractivity contribution is 5.88. The van der Waals surface area contributed by atoms with E-state index in [0.717, 1.165) is 5.39 Å². The molecule has 0 saturated heterocycles. The van der Waals surface area contributed by atoms with E-state index in [4.69, 9.17) is 0 Å². The van der Waals surface area contributed by atoms with Gasteiger partial charge < -0.3 is 0 Å². The Morgan fingerprint density at radius 1 is 1.24 bits per heavy atom. The zero-order valence-electron chi connectivity index (χ0n) is 14.1. The van der Waals surface area contributed by atoms with E-state index in [1.165, 1.54) is 0 Å². The van der Waals surface area contributed by atoms with Crippen molar-refractivity contribution in [1.82, 2.24) is 39.1 Å². The summed E-state index contributed by atoms with van der Waals surface area (Å²) in [6, 6.07) is -0.362. The predicted octanol–water partition coefficient (Wildman–Crippen LogP) is 1.34. The van der Waals surface area contributed by atoms with E-state index in [1.807, 2.05) is 6.92 Å². The van der Waals surface area contributed by atoms with Crippen LogP contribution in [0.4, 0.5) is 5.69 Å². The van der Waals surface area contributed by atoms with Gasteiger partial charge >= 0.3 is 5.69 Å². The monoisotopic (exact) mass is 341 g/mol. The summed E-state index contributed by atoms with van der Waals surface area (Å²) >= 11 is 0. The first-order valence-corrected chi connectivity index (χ1v) is 7.61. The third-order valence-electron chi connectivity index (χ3n) is 4.30. The van der Waals surface area contributed by atoms with E-state index in [-0.39, 0.29) is 11.7 Å². The van der Waals surface area contributed by atoms with Gasteiger partial charge in [-0.25, -0.2) is 14.5 Å². The topological polar surface area (TPSA) is 122 Å². The molecule has 128 valence electrons. The maximum absolute atomic E-state index is 11.2. The number of aromatic nitrogens is 8. The van der Waals surface area contributed by atoms with Crippen LogP contribution in [-0.2, 0) is 7.05 Å². The number of fused-ring (bicyclic) bond motifs is 3. The molecule has 11 heteroatoms. The van der Waals surface area contributed by atoms with Crippen molar-refractivity contribution >= 4 is 22.4 Å². The van der Waals surface area contributed by atoms with Crippen molar-refractivity contribution in [2.24, 2.45) is 7.05 Å². The number of nitro groups is 1. The van der Waals surface area contributed by atoms with Crippen molar-refractivity contribution in [3.05, 3.63) is 39.9 Å². The molecule has 0 aliphatic carbocycles. The molecule has 0 aliphatic rings. The molecule has 0 saturated carbocycles. The molecule has 0 radical (unpaired) electrons. The fourth-order valence-electron chi connectivity index (χ4n) is 3.04. The lowest BCUT2D eigenvalue weighted by Gasteiger charge is -2.09. The number of nitrogens with zero attached hydrogens (tertiary/aromatic N) is 9. The molecule has 11 nitrogen and oxygen atoms in total. The number of aryl methyl sites for hydroxylation is 2. The van der Waals surface area contributed by atoms with Crippen molar-refractivity contribution < 1.29 is 4.92 Å². The smallest absolute Gasteiger partial charge is 0.258 e.